The maximum atomic E-state index is 13.1. The van der Waals surface area contributed by atoms with Gasteiger partial charge in [0.1, 0.15) is 11.7 Å². The summed E-state index contributed by atoms with van der Waals surface area (Å²) in [6.07, 6.45) is 0.190. The molecule has 0 unspecified atom stereocenters. The molecule has 1 aromatic carbocycles. The van der Waals surface area contributed by atoms with Gasteiger partial charge in [0.25, 0.3) is 5.91 Å². The summed E-state index contributed by atoms with van der Waals surface area (Å²) in [6, 6.07) is 3.96. The first-order valence-electron chi connectivity index (χ1n) is 4.75. The van der Waals surface area contributed by atoms with Gasteiger partial charge >= 0.3 is 0 Å². The van der Waals surface area contributed by atoms with Crippen molar-refractivity contribution in [3.05, 3.63) is 34.6 Å². The maximum absolute atomic E-state index is 13.1. The highest BCUT2D eigenvalue weighted by molar-refractivity contribution is 6.34. The van der Waals surface area contributed by atoms with Crippen molar-refractivity contribution in [2.45, 2.75) is 6.42 Å². The highest BCUT2D eigenvalue weighted by Gasteiger charge is 2.12. The largest absolute Gasteiger partial charge is 0.409 e. The first-order chi connectivity index (χ1) is 8.06. The minimum Gasteiger partial charge on any atom is -0.409 e. The van der Waals surface area contributed by atoms with Crippen molar-refractivity contribution in [3.8, 4) is 0 Å². The van der Waals surface area contributed by atoms with Crippen LogP contribution in [0.3, 0.4) is 0 Å². The third-order valence-corrected chi connectivity index (χ3v) is 2.38. The highest BCUT2D eigenvalue weighted by atomic mass is 35.5. The molecule has 0 aliphatic carbocycles. The van der Waals surface area contributed by atoms with Crippen LogP contribution in [-0.4, -0.2) is 23.5 Å². The van der Waals surface area contributed by atoms with E-state index in [1.165, 1.54) is 12.1 Å². The summed E-state index contributed by atoms with van der Waals surface area (Å²) < 4.78 is 13.1. The van der Waals surface area contributed by atoms with Gasteiger partial charge < -0.3 is 16.3 Å². The molecule has 0 radical (unpaired) electrons. The first kappa shape index (κ1) is 13.2. The minimum atomic E-state index is -0.657. The minimum absolute atomic E-state index is 0.00404. The number of oxime groups is 1. The third-order valence-electron chi connectivity index (χ3n) is 1.99. The van der Waals surface area contributed by atoms with Gasteiger partial charge in [-0.15, -0.1) is 0 Å². The van der Waals surface area contributed by atoms with Crippen molar-refractivity contribution in [2.75, 3.05) is 6.54 Å². The number of hydrogen-bond acceptors (Lipinski definition) is 3. The van der Waals surface area contributed by atoms with E-state index in [1.807, 2.05) is 0 Å². The number of nitrogens with zero attached hydrogens (tertiary/aromatic N) is 1. The molecule has 0 bridgehead atoms. The van der Waals surface area contributed by atoms with E-state index in [-0.39, 0.29) is 29.4 Å². The summed E-state index contributed by atoms with van der Waals surface area (Å²) >= 11 is 5.63. The molecule has 0 spiro atoms. The molecule has 0 saturated carbocycles. The van der Waals surface area contributed by atoms with Gasteiger partial charge in [0, 0.05) is 13.0 Å². The molecule has 7 heteroatoms. The molecular formula is C10H11ClFN3O2. The number of amidine groups is 1. The average Bonchev–Trinajstić information content (AvgIpc) is 2.32. The molecule has 1 amide bonds. The molecular weight excluding hydrogens is 249 g/mol. The van der Waals surface area contributed by atoms with Crippen LogP contribution < -0.4 is 11.1 Å². The number of carbonyl (C=O) groups is 1. The molecule has 0 heterocycles. The predicted octanol–water partition coefficient (Wildman–Crippen LogP) is 1.35. The number of halogens is 2. The lowest BCUT2D eigenvalue weighted by Crippen LogP contribution is -2.28. The van der Waals surface area contributed by atoms with Crippen LogP contribution in [0.4, 0.5) is 4.39 Å². The fourth-order valence-electron chi connectivity index (χ4n) is 1.13. The van der Waals surface area contributed by atoms with E-state index >= 15 is 0 Å². The Hall–Kier alpha value is -1.82. The predicted molar refractivity (Wildman–Crippen MR) is 61.8 cm³/mol. The summed E-state index contributed by atoms with van der Waals surface area (Å²) in [7, 11) is 0. The number of nitrogens with one attached hydrogen (secondary N) is 1. The van der Waals surface area contributed by atoms with Gasteiger partial charge in [-0.05, 0) is 12.1 Å². The Balaban J connectivity index is 2.62. The van der Waals surface area contributed by atoms with E-state index in [0.717, 1.165) is 6.07 Å². The van der Waals surface area contributed by atoms with E-state index < -0.39 is 11.7 Å². The normalized spacial score (nSPS) is 11.3. The smallest absolute Gasteiger partial charge is 0.252 e. The Labute approximate surface area is 102 Å². The Bertz CT molecular complexity index is 451. The molecule has 0 aliphatic rings. The standard InChI is InChI=1S/C10H11ClFN3O2/c11-9-6(2-1-3-7(9)12)10(16)14-5-4-8(13)15-17/h1-3,17H,4-5H2,(H2,13,15)(H,14,16). The summed E-state index contributed by atoms with van der Waals surface area (Å²) in [4.78, 5) is 11.6. The van der Waals surface area contributed by atoms with Crippen LogP contribution in [0.25, 0.3) is 0 Å². The lowest BCUT2D eigenvalue weighted by molar-refractivity contribution is 0.0954. The van der Waals surface area contributed by atoms with E-state index in [9.17, 15) is 9.18 Å². The zero-order valence-corrected chi connectivity index (χ0v) is 9.54. The van der Waals surface area contributed by atoms with Crippen LogP contribution in [0.2, 0.25) is 5.02 Å². The van der Waals surface area contributed by atoms with Crippen LogP contribution in [0.5, 0.6) is 0 Å². The monoisotopic (exact) mass is 259 g/mol. The molecule has 0 aromatic heterocycles. The molecule has 1 rings (SSSR count). The van der Waals surface area contributed by atoms with Crippen LogP contribution in [-0.2, 0) is 0 Å². The van der Waals surface area contributed by atoms with Crippen molar-refractivity contribution in [3.63, 3.8) is 0 Å². The molecule has 0 fully saturated rings. The first-order valence-corrected chi connectivity index (χ1v) is 5.12. The third kappa shape index (κ3) is 3.60. The van der Waals surface area contributed by atoms with Crippen molar-refractivity contribution in [1.82, 2.24) is 5.32 Å². The summed E-state index contributed by atoms with van der Waals surface area (Å²) in [5, 5.41) is 13.3. The second-order valence-electron chi connectivity index (χ2n) is 3.20. The van der Waals surface area contributed by atoms with Crippen molar-refractivity contribution in [2.24, 2.45) is 10.9 Å². The number of carbonyl (C=O) groups excluding carboxylic acids is 1. The Kier molecular flexibility index (Phi) is 4.71. The van der Waals surface area contributed by atoms with Crippen LogP contribution >= 0.6 is 11.6 Å². The molecule has 5 nitrogen and oxygen atoms in total. The van der Waals surface area contributed by atoms with Crippen molar-refractivity contribution >= 4 is 23.3 Å². The second-order valence-corrected chi connectivity index (χ2v) is 3.58. The molecule has 92 valence electrons. The topological polar surface area (TPSA) is 87.7 Å². The van der Waals surface area contributed by atoms with E-state index in [4.69, 9.17) is 22.5 Å². The van der Waals surface area contributed by atoms with Gasteiger partial charge in [0.05, 0.1) is 10.6 Å². The van der Waals surface area contributed by atoms with Crippen LogP contribution in [0, 0.1) is 5.82 Å². The SMILES string of the molecule is N/C(CCNC(=O)c1cccc(F)c1Cl)=N/O. The lowest BCUT2D eigenvalue weighted by atomic mass is 10.2. The van der Waals surface area contributed by atoms with Gasteiger partial charge in [-0.3, -0.25) is 4.79 Å². The summed E-state index contributed by atoms with van der Waals surface area (Å²) in [6.45, 7) is 0.168. The van der Waals surface area contributed by atoms with E-state index in [0.29, 0.717) is 0 Å². The maximum Gasteiger partial charge on any atom is 0.252 e. The van der Waals surface area contributed by atoms with Gasteiger partial charge in [0.2, 0.25) is 0 Å². The second kappa shape index (κ2) is 6.05. The number of nitrogens with two attached hydrogens (primary N) is 1. The number of benzene rings is 1. The van der Waals surface area contributed by atoms with Crippen LogP contribution in [0.15, 0.2) is 23.4 Å². The molecule has 0 atom stereocenters. The van der Waals surface area contributed by atoms with Gasteiger partial charge in [0.15, 0.2) is 0 Å². The lowest BCUT2D eigenvalue weighted by Gasteiger charge is -2.06. The number of hydrogen-bond donors (Lipinski definition) is 3. The molecule has 0 aliphatic heterocycles. The average molecular weight is 260 g/mol. The molecule has 0 saturated heterocycles. The fraction of sp³-hybridized carbons (Fsp3) is 0.200. The number of amides is 1. The summed E-state index contributed by atoms with van der Waals surface area (Å²) in [5.41, 5.74) is 5.26. The molecule has 4 N–H and O–H groups in total. The van der Waals surface area contributed by atoms with E-state index in [2.05, 4.69) is 10.5 Å². The Morgan fingerprint density at radius 2 is 2.29 bits per heavy atom. The van der Waals surface area contributed by atoms with Crippen LogP contribution in [0.1, 0.15) is 16.8 Å². The number of rotatable bonds is 4. The zero-order valence-electron chi connectivity index (χ0n) is 8.78. The molecule has 1 aromatic rings. The zero-order chi connectivity index (χ0) is 12.8. The Morgan fingerprint density at radius 1 is 1.59 bits per heavy atom. The highest BCUT2D eigenvalue weighted by Crippen LogP contribution is 2.19. The van der Waals surface area contributed by atoms with Gasteiger partial charge in [-0.2, -0.15) is 0 Å². The molecule has 17 heavy (non-hydrogen) atoms. The van der Waals surface area contributed by atoms with Crippen molar-refractivity contribution < 1.29 is 14.4 Å². The van der Waals surface area contributed by atoms with Crippen molar-refractivity contribution in [1.29, 1.82) is 0 Å². The van der Waals surface area contributed by atoms with E-state index in [1.54, 1.807) is 0 Å². The fourth-order valence-corrected chi connectivity index (χ4v) is 1.34. The van der Waals surface area contributed by atoms with Gasteiger partial charge in [-0.1, -0.05) is 22.8 Å². The Morgan fingerprint density at radius 3 is 2.94 bits per heavy atom. The summed E-state index contributed by atoms with van der Waals surface area (Å²) in [5.74, 6) is -1.17. The van der Waals surface area contributed by atoms with Gasteiger partial charge in [-0.25, -0.2) is 4.39 Å². The quantitative estimate of drug-likeness (QED) is 0.330.